The summed E-state index contributed by atoms with van der Waals surface area (Å²) < 4.78 is 5.74. The minimum Gasteiger partial charge on any atom is -0.489 e. The molecule has 2 nitrogen and oxygen atoms in total. The van der Waals surface area contributed by atoms with Gasteiger partial charge in [0.25, 0.3) is 0 Å². The number of hydrogen-bond acceptors (Lipinski definition) is 2. The van der Waals surface area contributed by atoms with E-state index in [1.165, 1.54) is 0 Å². The van der Waals surface area contributed by atoms with Crippen LogP contribution < -0.4 is 4.74 Å². The molecule has 0 fully saturated rings. The van der Waals surface area contributed by atoms with Gasteiger partial charge in [0.15, 0.2) is 0 Å². The smallest absolute Gasteiger partial charge is 0.120 e. The molecule has 0 radical (unpaired) electrons. The number of nitriles is 1. The predicted octanol–water partition coefficient (Wildman–Crippen LogP) is 5.21. The van der Waals surface area contributed by atoms with Crippen LogP contribution in [-0.4, -0.2) is 6.61 Å². The van der Waals surface area contributed by atoms with Crippen LogP contribution >= 0.6 is 0 Å². The highest BCUT2D eigenvalue weighted by Gasteiger charge is 2.04. The van der Waals surface area contributed by atoms with Crippen LogP contribution in [-0.2, 0) is 0 Å². The largest absolute Gasteiger partial charge is 0.489 e. The average molecular weight is 301 g/mol. The molecular formula is C21H19NO. The van der Waals surface area contributed by atoms with Crippen molar-refractivity contribution in [2.75, 3.05) is 6.61 Å². The highest BCUT2D eigenvalue weighted by Crippen LogP contribution is 2.27. The Morgan fingerprint density at radius 1 is 1.22 bits per heavy atom. The maximum Gasteiger partial charge on any atom is 0.120 e. The summed E-state index contributed by atoms with van der Waals surface area (Å²) in [4.78, 5) is 0. The van der Waals surface area contributed by atoms with E-state index in [1.54, 1.807) is 6.08 Å². The number of allylic oxidation sites excluding steroid dienone is 2. The van der Waals surface area contributed by atoms with E-state index in [0.717, 1.165) is 28.0 Å². The molecule has 23 heavy (non-hydrogen) atoms. The van der Waals surface area contributed by atoms with Crippen molar-refractivity contribution in [1.29, 1.82) is 5.26 Å². The third kappa shape index (κ3) is 4.46. The molecular weight excluding hydrogens is 282 g/mol. The van der Waals surface area contributed by atoms with Crippen molar-refractivity contribution in [3.8, 4) is 22.9 Å². The highest BCUT2D eigenvalue weighted by atomic mass is 16.5. The van der Waals surface area contributed by atoms with Gasteiger partial charge in [0.2, 0.25) is 0 Å². The van der Waals surface area contributed by atoms with E-state index in [4.69, 9.17) is 10.00 Å². The van der Waals surface area contributed by atoms with E-state index < -0.39 is 0 Å². The van der Waals surface area contributed by atoms with Gasteiger partial charge in [0, 0.05) is 0 Å². The Kier molecular flexibility index (Phi) is 5.55. The lowest BCUT2D eigenvalue weighted by Gasteiger charge is -2.11. The Balaban J connectivity index is 2.11. The molecule has 0 aliphatic heterocycles. The summed E-state index contributed by atoms with van der Waals surface area (Å²) in [5.41, 5.74) is 4.90. The Morgan fingerprint density at radius 2 is 1.96 bits per heavy atom. The molecule has 0 saturated carbocycles. The second-order valence-electron chi connectivity index (χ2n) is 5.21. The highest BCUT2D eigenvalue weighted by molar-refractivity contribution is 5.68. The molecule has 0 spiro atoms. The normalized spacial score (nSPS) is 10.3. The summed E-state index contributed by atoms with van der Waals surface area (Å²) in [6.07, 6.45) is 5.43. The van der Waals surface area contributed by atoms with Crippen molar-refractivity contribution in [2.24, 2.45) is 0 Å². The number of hydrogen-bond donors (Lipinski definition) is 0. The van der Waals surface area contributed by atoms with Crippen molar-refractivity contribution in [3.05, 3.63) is 90.6 Å². The van der Waals surface area contributed by atoms with E-state index in [0.29, 0.717) is 12.2 Å². The van der Waals surface area contributed by atoms with Gasteiger partial charge in [-0.15, -0.1) is 0 Å². The van der Waals surface area contributed by atoms with Gasteiger partial charge in [0.1, 0.15) is 12.4 Å². The molecule has 0 heterocycles. The molecule has 2 aromatic rings. The molecule has 0 atom stereocenters. The minimum absolute atomic E-state index is 0.444. The van der Waals surface area contributed by atoms with Crippen molar-refractivity contribution in [3.63, 3.8) is 0 Å². The van der Waals surface area contributed by atoms with E-state index in [1.807, 2.05) is 61.5 Å². The Morgan fingerprint density at radius 3 is 2.57 bits per heavy atom. The summed E-state index contributed by atoms with van der Waals surface area (Å²) >= 11 is 0. The molecule has 2 heteroatoms. The standard InChI is InChI=1S/C21H19NO/c1-4-5-6-16(2)15-23-20-11-12-21(17(3)13-20)19-9-7-18(14-22)8-10-19/h4-13H,1-2,15H2,3H3/b6-5-. The Hall–Kier alpha value is -3.05. The van der Waals surface area contributed by atoms with Crippen LogP contribution in [0.25, 0.3) is 11.1 Å². The predicted molar refractivity (Wildman–Crippen MR) is 95.3 cm³/mol. The minimum atomic E-state index is 0.444. The van der Waals surface area contributed by atoms with Gasteiger partial charge in [-0.25, -0.2) is 0 Å². The first kappa shape index (κ1) is 16.3. The molecule has 0 amide bonds. The van der Waals surface area contributed by atoms with E-state index >= 15 is 0 Å². The SMILES string of the molecule is C=C/C=C\C(=C)COc1ccc(-c2ccc(C#N)cc2)c(C)c1. The molecule has 0 saturated heterocycles. The maximum absolute atomic E-state index is 8.86. The zero-order valence-electron chi connectivity index (χ0n) is 13.3. The van der Waals surface area contributed by atoms with Crippen molar-refractivity contribution in [1.82, 2.24) is 0 Å². The quantitative estimate of drug-likeness (QED) is 0.686. The van der Waals surface area contributed by atoms with Crippen molar-refractivity contribution in [2.45, 2.75) is 6.92 Å². The summed E-state index contributed by atoms with van der Waals surface area (Å²) in [5, 5.41) is 8.86. The van der Waals surface area contributed by atoms with Gasteiger partial charge in [-0.1, -0.05) is 49.6 Å². The fourth-order valence-electron chi connectivity index (χ4n) is 2.20. The van der Waals surface area contributed by atoms with Crippen molar-refractivity contribution < 1.29 is 4.74 Å². The number of ether oxygens (including phenoxy) is 1. The first-order valence-corrected chi connectivity index (χ1v) is 7.35. The molecule has 0 aromatic heterocycles. The zero-order valence-corrected chi connectivity index (χ0v) is 13.3. The van der Waals surface area contributed by atoms with Crippen LogP contribution in [0.5, 0.6) is 5.75 Å². The summed E-state index contributed by atoms with van der Waals surface area (Å²) in [7, 11) is 0. The zero-order chi connectivity index (χ0) is 16.7. The second-order valence-corrected chi connectivity index (χ2v) is 5.21. The topological polar surface area (TPSA) is 33.0 Å². The Bertz CT molecular complexity index is 776. The summed E-state index contributed by atoms with van der Waals surface area (Å²) in [5.74, 6) is 0.813. The lowest BCUT2D eigenvalue weighted by molar-refractivity contribution is 0.356. The third-order valence-corrected chi connectivity index (χ3v) is 3.42. The van der Waals surface area contributed by atoms with Crippen LogP contribution in [0.4, 0.5) is 0 Å². The second kappa shape index (κ2) is 7.82. The first-order chi connectivity index (χ1) is 11.1. The molecule has 0 bridgehead atoms. The number of rotatable bonds is 6. The van der Waals surface area contributed by atoms with Crippen LogP contribution in [0, 0.1) is 18.3 Å². The molecule has 0 N–H and O–H groups in total. The van der Waals surface area contributed by atoms with Gasteiger partial charge in [-0.05, 0) is 53.5 Å². The number of nitrogens with zero attached hydrogens (tertiary/aromatic N) is 1. The van der Waals surface area contributed by atoms with E-state index in [2.05, 4.69) is 19.2 Å². The van der Waals surface area contributed by atoms with E-state index in [9.17, 15) is 0 Å². The number of benzene rings is 2. The van der Waals surface area contributed by atoms with Gasteiger partial charge in [-0.2, -0.15) is 5.26 Å². The van der Waals surface area contributed by atoms with Gasteiger partial charge in [-0.3, -0.25) is 0 Å². The first-order valence-electron chi connectivity index (χ1n) is 7.35. The molecule has 0 unspecified atom stereocenters. The lowest BCUT2D eigenvalue weighted by atomic mass is 9.99. The molecule has 2 rings (SSSR count). The lowest BCUT2D eigenvalue weighted by Crippen LogP contribution is -1.99. The molecule has 114 valence electrons. The van der Waals surface area contributed by atoms with Gasteiger partial charge >= 0.3 is 0 Å². The monoisotopic (exact) mass is 301 g/mol. The molecule has 0 aliphatic rings. The fraction of sp³-hybridized carbons (Fsp3) is 0.0952. The van der Waals surface area contributed by atoms with Gasteiger partial charge < -0.3 is 4.74 Å². The molecule has 0 aliphatic carbocycles. The van der Waals surface area contributed by atoms with Crippen LogP contribution in [0.1, 0.15) is 11.1 Å². The third-order valence-electron chi connectivity index (χ3n) is 3.42. The van der Waals surface area contributed by atoms with Crippen LogP contribution in [0.2, 0.25) is 0 Å². The summed E-state index contributed by atoms with van der Waals surface area (Å²) in [6.45, 7) is 10.0. The van der Waals surface area contributed by atoms with E-state index in [-0.39, 0.29) is 0 Å². The maximum atomic E-state index is 8.86. The summed E-state index contributed by atoms with van der Waals surface area (Å²) in [6, 6.07) is 15.7. The fourth-order valence-corrected chi connectivity index (χ4v) is 2.20. The Labute approximate surface area is 137 Å². The van der Waals surface area contributed by atoms with Crippen LogP contribution in [0.3, 0.4) is 0 Å². The van der Waals surface area contributed by atoms with Crippen molar-refractivity contribution >= 4 is 0 Å². The number of aryl methyl sites for hydroxylation is 1. The average Bonchev–Trinajstić information content (AvgIpc) is 2.58. The van der Waals surface area contributed by atoms with Gasteiger partial charge in [0.05, 0.1) is 11.6 Å². The molecule has 2 aromatic carbocycles. The van der Waals surface area contributed by atoms with Crippen LogP contribution in [0.15, 0.2) is 79.4 Å².